The lowest BCUT2D eigenvalue weighted by molar-refractivity contribution is 0.163. The normalized spacial score (nSPS) is 20.2. The highest BCUT2D eigenvalue weighted by Crippen LogP contribution is 2.24. The maximum absolute atomic E-state index is 11.9. The van der Waals surface area contributed by atoms with Crippen molar-refractivity contribution < 1.29 is 9.90 Å². The maximum Gasteiger partial charge on any atom is 0.319 e. The third-order valence-corrected chi connectivity index (χ3v) is 4.27. The van der Waals surface area contributed by atoms with Crippen LogP contribution in [-0.2, 0) is 0 Å². The number of benzene rings is 1. The van der Waals surface area contributed by atoms with Crippen LogP contribution in [0.2, 0.25) is 0 Å². The Bertz CT molecular complexity index is 501. The smallest absolute Gasteiger partial charge is 0.319 e. The van der Waals surface area contributed by atoms with Crippen molar-refractivity contribution >= 4 is 17.4 Å². The molecular formula is C18H29N3O2. The minimum Gasteiger partial charge on any atom is -0.393 e. The summed E-state index contributed by atoms with van der Waals surface area (Å²) in [6.45, 7) is 8.82. The van der Waals surface area contributed by atoms with E-state index in [1.807, 2.05) is 19.1 Å². The molecule has 2 amide bonds. The molecule has 0 saturated carbocycles. The van der Waals surface area contributed by atoms with Gasteiger partial charge in [0.1, 0.15) is 0 Å². The van der Waals surface area contributed by atoms with E-state index in [1.54, 1.807) is 6.92 Å². The van der Waals surface area contributed by atoms with Crippen molar-refractivity contribution in [3.63, 3.8) is 0 Å². The largest absolute Gasteiger partial charge is 0.393 e. The molecule has 0 radical (unpaired) electrons. The lowest BCUT2D eigenvalue weighted by Crippen LogP contribution is -2.33. The van der Waals surface area contributed by atoms with Crippen LogP contribution < -0.4 is 15.5 Å². The predicted octanol–water partition coefficient (Wildman–Crippen LogP) is 3.06. The molecule has 23 heavy (non-hydrogen) atoms. The van der Waals surface area contributed by atoms with Crippen molar-refractivity contribution in [2.45, 2.75) is 39.7 Å². The van der Waals surface area contributed by atoms with E-state index in [4.69, 9.17) is 0 Å². The van der Waals surface area contributed by atoms with E-state index in [0.717, 1.165) is 24.7 Å². The molecule has 1 aliphatic rings. The van der Waals surface area contributed by atoms with Crippen LogP contribution in [0, 0.1) is 11.8 Å². The lowest BCUT2D eigenvalue weighted by Gasteiger charge is -2.18. The average Bonchev–Trinajstić information content (AvgIpc) is 2.92. The number of hydrogen-bond acceptors (Lipinski definition) is 3. The zero-order chi connectivity index (χ0) is 16.8. The SMILES string of the molecule is C[C@@H](CNC(=O)Nc1ccc(N2CC[C@H](C)C2)cc1)C[C@H](C)O. The molecular weight excluding hydrogens is 290 g/mol. The number of aliphatic hydroxyl groups is 1. The summed E-state index contributed by atoms with van der Waals surface area (Å²) in [4.78, 5) is 14.3. The highest BCUT2D eigenvalue weighted by atomic mass is 16.3. The average molecular weight is 319 g/mol. The molecule has 1 heterocycles. The summed E-state index contributed by atoms with van der Waals surface area (Å²) in [5.74, 6) is 1.00. The molecule has 5 heteroatoms. The first-order chi connectivity index (χ1) is 10.9. The Morgan fingerprint density at radius 3 is 2.61 bits per heavy atom. The van der Waals surface area contributed by atoms with E-state index < -0.39 is 0 Å². The highest BCUT2D eigenvalue weighted by Gasteiger charge is 2.18. The van der Waals surface area contributed by atoms with Crippen molar-refractivity contribution in [1.82, 2.24) is 5.32 Å². The number of amides is 2. The van der Waals surface area contributed by atoms with Gasteiger partial charge in [-0.05, 0) is 55.9 Å². The zero-order valence-corrected chi connectivity index (χ0v) is 14.4. The Balaban J connectivity index is 1.78. The molecule has 0 aromatic heterocycles. The fraction of sp³-hybridized carbons (Fsp3) is 0.611. The van der Waals surface area contributed by atoms with Crippen LogP contribution in [0.1, 0.15) is 33.6 Å². The Kier molecular flexibility index (Phi) is 6.28. The summed E-state index contributed by atoms with van der Waals surface area (Å²) in [6.07, 6.45) is 1.59. The summed E-state index contributed by atoms with van der Waals surface area (Å²) in [6, 6.07) is 7.80. The summed E-state index contributed by atoms with van der Waals surface area (Å²) in [7, 11) is 0. The topological polar surface area (TPSA) is 64.6 Å². The van der Waals surface area contributed by atoms with Crippen molar-refractivity contribution in [3.05, 3.63) is 24.3 Å². The van der Waals surface area contributed by atoms with E-state index in [0.29, 0.717) is 13.0 Å². The Hall–Kier alpha value is -1.75. The van der Waals surface area contributed by atoms with Crippen molar-refractivity contribution in [1.29, 1.82) is 0 Å². The van der Waals surface area contributed by atoms with Crippen LogP contribution in [0.4, 0.5) is 16.2 Å². The molecule has 0 unspecified atom stereocenters. The number of carbonyl (C=O) groups is 1. The number of anilines is 2. The van der Waals surface area contributed by atoms with Crippen molar-refractivity contribution in [2.75, 3.05) is 29.9 Å². The van der Waals surface area contributed by atoms with E-state index >= 15 is 0 Å². The standard InChI is InChI=1S/C18H29N3O2/c1-13-8-9-21(12-13)17-6-4-16(5-7-17)20-18(23)19-11-14(2)10-15(3)22/h4-7,13-15,22H,8-12H2,1-3H3,(H2,19,20,23)/t13-,14+,15-/m0/s1. The number of carbonyl (C=O) groups excluding carboxylic acids is 1. The molecule has 0 aliphatic carbocycles. The quantitative estimate of drug-likeness (QED) is 0.755. The number of nitrogens with zero attached hydrogens (tertiary/aromatic N) is 1. The molecule has 128 valence electrons. The third-order valence-electron chi connectivity index (χ3n) is 4.27. The minimum absolute atomic E-state index is 0.204. The summed E-state index contributed by atoms with van der Waals surface area (Å²) < 4.78 is 0. The molecule has 5 nitrogen and oxygen atoms in total. The molecule has 0 bridgehead atoms. The molecule has 0 spiro atoms. The fourth-order valence-electron chi connectivity index (χ4n) is 3.03. The van der Waals surface area contributed by atoms with Crippen molar-refractivity contribution in [2.24, 2.45) is 11.8 Å². The molecule has 3 N–H and O–H groups in total. The van der Waals surface area contributed by atoms with Gasteiger partial charge in [-0.1, -0.05) is 13.8 Å². The van der Waals surface area contributed by atoms with Gasteiger partial charge in [-0.15, -0.1) is 0 Å². The van der Waals surface area contributed by atoms with Gasteiger partial charge in [-0.3, -0.25) is 0 Å². The first-order valence-corrected chi connectivity index (χ1v) is 8.52. The zero-order valence-electron chi connectivity index (χ0n) is 14.4. The van der Waals surface area contributed by atoms with E-state index in [-0.39, 0.29) is 18.1 Å². The van der Waals surface area contributed by atoms with Gasteiger partial charge in [-0.2, -0.15) is 0 Å². The number of hydrogen-bond donors (Lipinski definition) is 3. The Morgan fingerprint density at radius 2 is 2.04 bits per heavy atom. The van der Waals surface area contributed by atoms with Gasteiger partial charge >= 0.3 is 6.03 Å². The summed E-state index contributed by atoms with van der Waals surface area (Å²) >= 11 is 0. The number of aliphatic hydroxyl groups excluding tert-OH is 1. The molecule has 1 saturated heterocycles. The second kappa shape index (κ2) is 8.20. The van der Waals surface area contributed by atoms with Crippen LogP contribution in [-0.4, -0.2) is 36.9 Å². The molecule has 1 aromatic rings. The predicted molar refractivity (Wildman–Crippen MR) is 94.9 cm³/mol. The molecule has 2 rings (SSSR count). The Morgan fingerprint density at radius 1 is 1.35 bits per heavy atom. The monoisotopic (exact) mass is 319 g/mol. The lowest BCUT2D eigenvalue weighted by atomic mass is 10.1. The molecule has 1 aliphatic heterocycles. The van der Waals surface area contributed by atoms with Gasteiger partial charge in [0.15, 0.2) is 0 Å². The van der Waals surface area contributed by atoms with Crippen molar-refractivity contribution in [3.8, 4) is 0 Å². The minimum atomic E-state index is -0.337. The van der Waals surface area contributed by atoms with E-state index in [2.05, 4.69) is 34.6 Å². The Labute approximate surface area is 139 Å². The molecule has 1 fully saturated rings. The summed E-state index contributed by atoms with van der Waals surface area (Å²) in [5.41, 5.74) is 2.01. The van der Waals surface area contributed by atoms with Crippen LogP contribution in [0.5, 0.6) is 0 Å². The van der Waals surface area contributed by atoms with Gasteiger partial charge in [0.05, 0.1) is 6.10 Å². The molecule has 1 aromatic carbocycles. The van der Waals surface area contributed by atoms with Crippen LogP contribution in [0.15, 0.2) is 24.3 Å². The fourth-order valence-corrected chi connectivity index (χ4v) is 3.03. The second-order valence-corrected chi connectivity index (χ2v) is 6.91. The van der Waals surface area contributed by atoms with Gasteiger partial charge < -0.3 is 20.6 Å². The number of nitrogens with one attached hydrogen (secondary N) is 2. The second-order valence-electron chi connectivity index (χ2n) is 6.91. The van der Waals surface area contributed by atoms with Gasteiger partial charge in [0, 0.05) is 31.0 Å². The van der Waals surface area contributed by atoms with Crippen LogP contribution in [0.25, 0.3) is 0 Å². The number of rotatable bonds is 6. The first-order valence-electron chi connectivity index (χ1n) is 8.52. The highest BCUT2D eigenvalue weighted by molar-refractivity contribution is 5.89. The van der Waals surface area contributed by atoms with Crippen LogP contribution in [0.3, 0.4) is 0 Å². The van der Waals surface area contributed by atoms with Gasteiger partial charge in [0.25, 0.3) is 0 Å². The van der Waals surface area contributed by atoms with Crippen LogP contribution >= 0.6 is 0 Å². The van der Waals surface area contributed by atoms with E-state index in [9.17, 15) is 9.90 Å². The van der Waals surface area contributed by atoms with Gasteiger partial charge in [0.2, 0.25) is 0 Å². The summed E-state index contributed by atoms with van der Waals surface area (Å²) in [5, 5.41) is 15.0. The maximum atomic E-state index is 11.9. The van der Waals surface area contributed by atoms with E-state index in [1.165, 1.54) is 12.1 Å². The number of urea groups is 1. The third kappa shape index (κ3) is 5.75. The first kappa shape index (κ1) is 17.6. The van der Waals surface area contributed by atoms with Gasteiger partial charge in [-0.25, -0.2) is 4.79 Å². The molecule has 3 atom stereocenters.